The van der Waals surface area contributed by atoms with Gasteiger partial charge in [0.2, 0.25) is 0 Å². The number of anilines is 2. The molecular formula is C28H38N10O2. The Bertz CT molecular complexity index is 1430. The number of hydrogen-bond donors (Lipinski definition) is 4. The lowest BCUT2D eigenvalue weighted by molar-refractivity contribution is -0.138. The molecule has 0 bridgehead atoms. The van der Waals surface area contributed by atoms with Crippen molar-refractivity contribution in [2.75, 3.05) is 36.8 Å². The van der Waals surface area contributed by atoms with Crippen molar-refractivity contribution in [3.05, 3.63) is 53.4 Å². The van der Waals surface area contributed by atoms with Crippen molar-refractivity contribution in [3.8, 4) is 0 Å². The van der Waals surface area contributed by atoms with Gasteiger partial charge in [-0.05, 0) is 76.6 Å². The lowest BCUT2D eigenvalue weighted by Gasteiger charge is -2.25. The van der Waals surface area contributed by atoms with Crippen LogP contribution < -0.4 is 10.6 Å². The number of aryl methyl sites for hydroxylation is 4. The van der Waals surface area contributed by atoms with Gasteiger partial charge in [-0.15, -0.1) is 0 Å². The number of carbonyl (C=O) groups is 1. The molecule has 212 valence electrons. The number of fused-ring (bicyclic) bond motifs is 2. The highest BCUT2D eigenvalue weighted by atomic mass is 16.4. The molecule has 0 saturated carbocycles. The highest BCUT2D eigenvalue weighted by Gasteiger charge is 2.21. The molecule has 0 amide bonds. The van der Waals surface area contributed by atoms with Gasteiger partial charge in [0.15, 0.2) is 5.65 Å². The van der Waals surface area contributed by atoms with E-state index < -0.39 is 12.0 Å². The minimum Gasteiger partial charge on any atom is -0.480 e. The van der Waals surface area contributed by atoms with Crippen LogP contribution in [0.2, 0.25) is 0 Å². The SMILES string of the molecule is Cc1cc(C)n(CCN(CCCCc2ccc3c(n2)NCCC3)CCC(Nc2ncnc3[nH]ncc23)C(=O)O)n1. The Morgan fingerprint density at radius 3 is 2.92 bits per heavy atom. The fourth-order valence-corrected chi connectivity index (χ4v) is 5.24. The molecule has 5 heterocycles. The average molecular weight is 547 g/mol. The maximum atomic E-state index is 12.2. The third-order valence-corrected chi connectivity index (χ3v) is 7.43. The van der Waals surface area contributed by atoms with Crippen LogP contribution in [-0.4, -0.2) is 83.1 Å². The Balaban J connectivity index is 1.19. The van der Waals surface area contributed by atoms with Crippen molar-refractivity contribution >= 4 is 28.6 Å². The zero-order chi connectivity index (χ0) is 27.9. The third kappa shape index (κ3) is 6.92. The molecule has 0 fully saturated rings. The zero-order valence-corrected chi connectivity index (χ0v) is 23.2. The number of aromatic amines is 1. The van der Waals surface area contributed by atoms with Crippen LogP contribution in [0.4, 0.5) is 11.6 Å². The minimum atomic E-state index is -0.916. The molecule has 0 saturated heterocycles. The highest BCUT2D eigenvalue weighted by Crippen LogP contribution is 2.21. The quantitative estimate of drug-likeness (QED) is 0.174. The summed E-state index contributed by atoms with van der Waals surface area (Å²) in [5.41, 5.74) is 5.12. The van der Waals surface area contributed by atoms with Crippen LogP contribution in [0.25, 0.3) is 11.0 Å². The van der Waals surface area contributed by atoms with E-state index in [1.54, 1.807) is 6.20 Å². The van der Waals surface area contributed by atoms with Crippen LogP contribution in [0.15, 0.2) is 30.7 Å². The van der Waals surface area contributed by atoms with Gasteiger partial charge in [0, 0.05) is 31.0 Å². The molecule has 0 radical (unpaired) electrons. The zero-order valence-electron chi connectivity index (χ0n) is 23.2. The largest absolute Gasteiger partial charge is 0.480 e. The lowest BCUT2D eigenvalue weighted by Crippen LogP contribution is -2.37. The number of nitrogens with one attached hydrogen (secondary N) is 3. The van der Waals surface area contributed by atoms with Crippen molar-refractivity contribution in [1.82, 2.24) is 39.8 Å². The van der Waals surface area contributed by atoms with Crippen molar-refractivity contribution in [3.63, 3.8) is 0 Å². The fraction of sp³-hybridized carbons (Fsp3) is 0.500. The summed E-state index contributed by atoms with van der Waals surface area (Å²) in [7, 11) is 0. The molecule has 5 rings (SSSR count). The number of carboxylic acids is 1. The van der Waals surface area contributed by atoms with E-state index >= 15 is 0 Å². The van der Waals surface area contributed by atoms with Gasteiger partial charge in [-0.3, -0.25) is 9.78 Å². The molecular weight excluding hydrogens is 508 g/mol. The summed E-state index contributed by atoms with van der Waals surface area (Å²) in [4.78, 5) is 27.7. The first-order valence-corrected chi connectivity index (χ1v) is 14.1. The Morgan fingerprint density at radius 1 is 1.20 bits per heavy atom. The number of carboxylic acid groups (broad SMARTS) is 1. The second-order valence-electron chi connectivity index (χ2n) is 10.5. The predicted octanol–water partition coefficient (Wildman–Crippen LogP) is 3.20. The van der Waals surface area contributed by atoms with E-state index in [0.29, 0.717) is 29.8 Å². The van der Waals surface area contributed by atoms with Crippen molar-refractivity contribution in [2.24, 2.45) is 0 Å². The number of H-pyrrole nitrogens is 1. The molecule has 4 aromatic heterocycles. The van der Waals surface area contributed by atoms with Gasteiger partial charge in [-0.1, -0.05) is 6.07 Å². The van der Waals surface area contributed by atoms with Gasteiger partial charge in [0.05, 0.1) is 23.8 Å². The van der Waals surface area contributed by atoms with Crippen LogP contribution >= 0.6 is 0 Å². The molecule has 40 heavy (non-hydrogen) atoms. The molecule has 4 N–H and O–H groups in total. The minimum absolute atomic E-state index is 0.424. The average Bonchev–Trinajstić information content (AvgIpc) is 3.56. The van der Waals surface area contributed by atoms with Gasteiger partial charge in [0.1, 0.15) is 24.0 Å². The summed E-state index contributed by atoms with van der Waals surface area (Å²) in [5.74, 6) is 0.590. The molecule has 1 aliphatic rings. The monoisotopic (exact) mass is 546 g/mol. The number of pyridine rings is 1. The standard InChI is InChI=1S/C28H38N10O2/c1-19-16-20(2)38(36-19)15-14-37(12-4-3-7-22-9-8-21-6-5-11-29-25(21)33-22)13-10-24(28(39)40)34-26-23-17-32-35-27(23)31-18-30-26/h8-9,16-18,24H,3-7,10-15H2,1-2H3,(H,29,33)(H,39,40)(H2,30,31,32,34,35). The Hall–Kier alpha value is -4.06. The van der Waals surface area contributed by atoms with Crippen molar-refractivity contribution in [1.29, 1.82) is 0 Å². The molecule has 4 aromatic rings. The van der Waals surface area contributed by atoms with E-state index in [1.807, 2.05) is 11.6 Å². The van der Waals surface area contributed by atoms with Gasteiger partial charge in [-0.2, -0.15) is 10.2 Å². The van der Waals surface area contributed by atoms with Crippen LogP contribution in [0, 0.1) is 13.8 Å². The summed E-state index contributed by atoms with van der Waals surface area (Å²) < 4.78 is 2.02. The number of hydrogen-bond acceptors (Lipinski definition) is 9. The van der Waals surface area contributed by atoms with Gasteiger partial charge >= 0.3 is 5.97 Å². The van der Waals surface area contributed by atoms with Crippen LogP contribution in [0.3, 0.4) is 0 Å². The second kappa shape index (κ2) is 12.9. The van der Waals surface area contributed by atoms with E-state index in [9.17, 15) is 9.90 Å². The number of rotatable bonds is 14. The normalized spacial score (nSPS) is 13.8. The number of aliphatic carboxylic acids is 1. The molecule has 0 aliphatic carbocycles. The molecule has 1 unspecified atom stereocenters. The first kappa shape index (κ1) is 27.5. The summed E-state index contributed by atoms with van der Waals surface area (Å²) >= 11 is 0. The Labute approximate surface area is 233 Å². The van der Waals surface area contributed by atoms with E-state index in [-0.39, 0.29) is 0 Å². The van der Waals surface area contributed by atoms with Crippen LogP contribution in [0.5, 0.6) is 0 Å². The lowest BCUT2D eigenvalue weighted by atomic mass is 10.1. The topological polar surface area (TPSA) is 150 Å². The second-order valence-corrected chi connectivity index (χ2v) is 10.5. The first-order chi connectivity index (χ1) is 19.5. The van der Waals surface area contributed by atoms with E-state index in [2.05, 4.69) is 65.9 Å². The van der Waals surface area contributed by atoms with Crippen molar-refractivity contribution in [2.45, 2.75) is 65.0 Å². The molecule has 0 spiro atoms. The summed E-state index contributed by atoms with van der Waals surface area (Å²) in [6.45, 7) is 8.09. The van der Waals surface area contributed by atoms with Crippen molar-refractivity contribution < 1.29 is 9.90 Å². The molecule has 1 aliphatic heterocycles. The van der Waals surface area contributed by atoms with Gasteiger partial charge in [-0.25, -0.2) is 19.7 Å². The fourth-order valence-electron chi connectivity index (χ4n) is 5.24. The Morgan fingerprint density at radius 2 is 2.10 bits per heavy atom. The van der Waals surface area contributed by atoms with Crippen LogP contribution in [-0.2, 0) is 24.2 Å². The summed E-state index contributed by atoms with van der Waals surface area (Å²) in [6.07, 6.45) is 8.61. The summed E-state index contributed by atoms with van der Waals surface area (Å²) in [6, 6.07) is 5.64. The van der Waals surface area contributed by atoms with E-state index in [4.69, 9.17) is 4.98 Å². The molecule has 1 atom stereocenters. The molecule has 12 heteroatoms. The maximum Gasteiger partial charge on any atom is 0.326 e. The van der Waals surface area contributed by atoms with Crippen LogP contribution in [0.1, 0.15) is 48.3 Å². The molecule has 0 aromatic carbocycles. The van der Waals surface area contributed by atoms with E-state index in [0.717, 1.165) is 81.2 Å². The predicted molar refractivity (Wildman–Crippen MR) is 153 cm³/mol. The third-order valence-electron chi connectivity index (χ3n) is 7.43. The highest BCUT2D eigenvalue weighted by molar-refractivity contribution is 5.88. The number of aromatic nitrogens is 7. The van der Waals surface area contributed by atoms with Gasteiger partial charge in [0.25, 0.3) is 0 Å². The number of nitrogens with zero attached hydrogens (tertiary/aromatic N) is 7. The molecule has 12 nitrogen and oxygen atoms in total. The summed E-state index contributed by atoms with van der Waals surface area (Å²) in [5, 5.41) is 28.5. The first-order valence-electron chi connectivity index (χ1n) is 14.1. The maximum absolute atomic E-state index is 12.2. The van der Waals surface area contributed by atoms with E-state index in [1.165, 1.54) is 11.9 Å². The number of unbranched alkanes of at least 4 members (excludes halogenated alkanes) is 1. The Kier molecular flexibility index (Phi) is 8.84. The smallest absolute Gasteiger partial charge is 0.326 e. The van der Waals surface area contributed by atoms with Gasteiger partial charge < -0.3 is 20.6 Å².